The Labute approximate surface area is 161 Å². The molecule has 1 fully saturated rings. The predicted octanol–water partition coefficient (Wildman–Crippen LogP) is 1.63. The van der Waals surface area contributed by atoms with Crippen LogP contribution in [0.2, 0.25) is 0 Å². The molecule has 1 saturated heterocycles. The molecular weight excluding hydrogens is 419 g/mol. The van der Waals surface area contributed by atoms with Crippen LogP contribution < -0.4 is 15.4 Å². The summed E-state index contributed by atoms with van der Waals surface area (Å²) in [6.07, 6.45) is 1.11. The molecule has 2 heterocycles. The van der Waals surface area contributed by atoms with Crippen molar-refractivity contribution >= 4 is 29.9 Å². The molecular formula is C17H27IN4O2. The highest BCUT2D eigenvalue weighted by Gasteiger charge is 2.23. The maximum absolute atomic E-state index is 5.50. The van der Waals surface area contributed by atoms with Crippen LogP contribution in [0, 0.1) is 0 Å². The second kappa shape index (κ2) is 10.0. The van der Waals surface area contributed by atoms with Gasteiger partial charge in [0.2, 0.25) is 0 Å². The lowest BCUT2D eigenvalue weighted by molar-refractivity contribution is 0.0170. The van der Waals surface area contributed by atoms with Gasteiger partial charge in [-0.25, -0.2) is 0 Å². The van der Waals surface area contributed by atoms with E-state index in [1.807, 2.05) is 12.1 Å². The summed E-state index contributed by atoms with van der Waals surface area (Å²) in [5.74, 6) is 1.81. The number of aliphatic imine (C=N–C) groups is 1. The summed E-state index contributed by atoms with van der Waals surface area (Å²) in [5, 5.41) is 6.79. The third-order valence-electron chi connectivity index (χ3n) is 4.35. The number of hydrogen-bond donors (Lipinski definition) is 2. The fourth-order valence-electron chi connectivity index (χ4n) is 3.02. The van der Waals surface area contributed by atoms with Crippen molar-refractivity contribution in [2.24, 2.45) is 4.99 Å². The van der Waals surface area contributed by atoms with Crippen LogP contribution in [-0.2, 0) is 4.74 Å². The average molecular weight is 446 g/mol. The van der Waals surface area contributed by atoms with Crippen LogP contribution in [0.15, 0.2) is 29.3 Å². The first-order valence-corrected chi connectivity index (χ1v) is 8.35. The Balaban J connectivity index is 0.00000208. The van der Waals surface area contributed by atoms with Crippen molar-refractivity contribution in [3.05, 3.63) is 29.8 Å². The lowest BCUT2D eigenvalue weighted by Gasteiger charge is -2.35. The van der Waals surface area contributed by atoms with E-state index < -0.39 is 0 Å². The van der Waals surface area contributed by atoms with Gasteiger partial charge in [-0.05, 0) is 24.1 Å². The largest absolute Gasteiger partial charge is 0.497 e. The van der Waals surface area contributed by atoms with Gasteiger partial charge in [-0.3, -0.25) is 9.89 Å². The highest BCUT2D eigenvalue weighted by atomic mass is 127. The van der Waals surface area contributed by atoms with Crippen LogP contribution >= 0.6 is 24.0 Å². The molecule has 6 nitrogen and oxygen atoms in total. The van der Waals surface area contributed by atoms with E-state index in [4.69, 9.17) is 9.47 Å². The van der Waals surface area contributed by atoms with E-state index in [0.717, 1.165) is 64.1 Å². The number of methoxy groups -OCH3 is 1. The minimum atomic E-state index is 0. The minimum absolute atomic E-state index is 0. The van der Waals surface area contributed by atoms with Gasteiger partial charge in [0.15, 0.2) is 5.96 Å². The number of nitrogens with one attached hydrogen (secondary N) is 2. The molecule has 3 rings (SSSR count). The van der Waals surface area contributed by atoms with Gasteiger partial charge in [-0.2, -0.15) is 0 Å². The summed E-state index contributed by atoms with van der Waals surface area (Å²) >= 11 is 0. The maximum Gasteiger partial charge on any atom is 0.191 e. The van der Waals surface area contributed by atoms with Crippen LogP contribution in [0.1, 0.15) is 18.0 Å². The van der Waals surface area contributed by atoms with Gasteiger partial charge in [0.25, 0.3) is 0 Å². The number of ether oxygens (including phenoxy) is 2. The molecule has 134 valence electrons. The molecule has 2 aliphatic rings. The smallest absolute Gasteiger partial charge is 0.191 e. The zero-order valence-corrected chi connectivity index (χ0v) is 16.5. The van der Waals surface area contributed by atoms with Crippen molar-refractivity contribution < 1.29 is 9.47 Å². The van der Waals surface area contributed by atoms with Crippen molar-refractivity contribution in [1.82, 2.24) is 15.5 Å². The van der Waals surface area contributed by atoms with Crippen LogP contribution in [0.25, 0.3) is 0 Å². The Morgan fingerprint density at radius 1 is 1.29 bits per heavy atom. The zero-order valence-electron chi connectivity index (χ0n) is 14.2. The van der Waals surface area contributed by atoms with E-state index in [-0.39, 0.29) is 24.0 Å². The lowest BCUT2D eigenvalue weighted by atomic mass is 10.0. The third kappa shape index (κ3) is 5.22. The second-order valence-corrected chi connectivity index (χ2v) is 5.83. The first kappa shape index (κ1) is 19.3. The van der Waals surface area contributed by atoms with Crippen molar-refractivity contribution in [2.45, 2.75) is 12.5 Å². The maximum atomic E-state index is 5.50. The molecule has 2 aliphatic heterocycles. The normalized spacial score (nSPS) is 19.5. The first-order chi connectivity index (χ1) is 11.4. The van der Waals surface area contributed by atoms with Crippen molar-refractivity contribution in [3.8, 4) is 5.75 Å². The van der Waals surface area contributed by atoms with Gasteiger partial charge in [0, 0.05) is 32.7 Å². The van der Waals surface area contributed by atoms with Gasteiger partial charge < -0.3 is 20.1 Å². The number of guanidine groups is 1. The molecule has 0 amide bonds. The number of nitrogens with zero attached hydrogens (tertiary/aromatic N) is 2. The molecule has 0 spiro atoms. The summed E-state index contributed by atoms with van der Waals surface area (Å²) in [6.45, 7) is 6.24. The quantitative estimate of drug-likeness (QED) is 0.674. The molecule has 1 atom stereocenters. The molecule has 7 heteroatoms. The lowest BCUT2D eigenvalue weighted by Crippen LogP contribution is -2.47. The van der Waals surface area contributed by atoms with Crippen LogP contribution in [-0.4, -0.2) is 63.9 Å². The van der Waals surface area contributed by atoms with E-state index >= 15 is 0 Å². The number of benzene rings is 1. The fraction of sp³-hybridized carbons (Fsp3) is 0.588. The topological polar surface area (TPSA) is 58.1 Å². The van der Waals surface area contributed by atoms with Crippen LogP contribution in [0.4, 0.5) is 0 Å². The molecule has 0 bridgehead atoms. The van der Waals surface area contributed by atoms with Crippen molar-refractivity contribution in [1.29, 1.82) is 0 Å². The van der Waals surface area contributed by atoms with Crippen molar-refractivity contribution in [2.75, 3.05) is 53.0 Å². The minimum Gasteiger partial charge on any atom is -0.497 e. The van der Waals surface area contributed by atoms with Gasteiger partial charge in [-0.15, -0.1) is 24.0 Å². The zero-order chi connectivity index (χ0) is 15.9. The Kier molecular flexibility index (Phi) is 8.07. The number of morpholine rings is 1. The molecule has 2 N–H and O–H groups in total. The molecule has 0 saturated carbocycles. The summed E-state index contributed by atoms with van der Waals surface area (Å²) in [7, 11) is 1.70. The standard InChI is InChI=1S/C17H26N4O2.HI/c1-22-15-5-3-14(4-6-15)16(21-9-11-23-12-10-21)13-20-17-18-7-2-8-19-17;/h3-6,16H,2,7-13H2,1H3,(H2,18,19,20);1H. The van der Waals surface area contributed by atoms with E-state index in [1.54, 1.807) is 7.11 Å². The fourth-order valence-corrected chi connectivity index (χ4v) is 3.02. The van der Waals surface area contributed by atoms with Gasteiger partial charge in [-0.1, -0.05) is 12.1 Å². The Hall–Kier alpha value is -1.06. The highest BCUT2D eigenvalue weighted by Crippen LogP contribution is 2.23. The highest BCUT2D eigenvalue weighted by molar-refractivity contribution is 14.0. The van der Waals surface area contributed by atoms with Gasteiger partial charge >= 0.3 is 0 Å². The Morgan fingerprint density at radius 2 is 2.04 bits per heavy atom. The summed E-state index contributed by atoms with van der Waals surface area (Å²) in [4.78, 5) is 6.97. The van der Waals surface area contributed by atoms with Crippen LogP contribution in [0.3, 0.4) is 0 Å². The Morgan fingerprint density at radius 3 is 2.67 bits per heavy atom. The van der Waals surface area contributed by atoms with E-state index in [0.29, 0.717) is 6.04 Å². The average Bonchev–Trinajstić information content (AvgIpc) is 2.64. The monoisotopic (exact) mass is 446 g/mol. The molecule has 0 aromatic heterocycles. The Bertz CT molecular complexity index is 518. The van der Waals surface area contributed by atoms with Crippen LogP contribution in [0.5, 0.6) is 5.75 Å². The van der Waals surface area contributed by atoms with Gasteiger partial charge in [0.1, 0.15) is 5.75 Å². The first-order valence-electron chi connectivity index (χ1n) is 8.35. The number of rotatable bonds is 5. The SMILES string of the molecule is COc1ccc(C(CNC2=NCCCN2)N2CCOCC2)cc1.I. The molecule has 0 aliphatic carbocycles. The van der Waals surface area contributed by atoms with E-state index in [2.05, 4.69) is 32.7 Å². The molecule has 1 aromatic rings. The predicted molar refractivity (Wildman–Crippen MR) is 106 cm³/mol. The number of hydrogen-bond acceptors (Lipinski definition) is 6. The number of halogens is 1. The molecule has 1 aromatic carbocycles. The summed E-state index contributed by atoms with van der Waals surface area (Å²) in [5.41, 5.74) is 1.29. The van der Waals surface area contributed by atoms with Crippen molar-refractivity contribution in [3.63, 3.8) is 0 Å². The summed E-state index contributed by atoms with van der Waals surface area (Å²) in [6, 6.07) is 8.66. The summed E-state index contributed by atoms with van der Waals surface area (Å²) < 4.78 is 10.8. The molecule has 24 heavy (non-hydrogen) atoms. The van der Waals surface area contributed by atoms with E-state index in [9.17, 15) is 0 Å². The van der Waals surface area contributed by atoms with E-state index in [1.165, 1.54) is 5.56 Å². The second-order valence-electron chi connectivity index (χ2n) is 5.83. The third-order valence-corrected chi connectivity index (χ3v) is 4.35. The molecule has 1 unspecified atom stereocenters. The van der Waals surface area contributed by atoms with Gasteiger partial charge in [0.05, 0.1) is 26.4 Å². The molecule has 0 radical (unpaired) electrons.